The number of benzene rings is 4. The fourth-order valence-electron chi connectivity index (χ4n) is 3.52. The van der Waals surface area contributed by atoms with E-state index in [2.05, 4.69) is 21.2 Å². The van der Waals surface area contributed by atoms with Crippen LogP contribution in [0, 0.1) is 21.4 Å². The molecule has 0 radical (unpaired) electrons. The molecular weight excluding hydrogens is 562 g/mol. The highest BCUT2D eigenvalue weighted by atomic mass is 79.9. The second-order valence-electron chi connectivity index (χ2n) is 7.65. The summed E-state index contributed by atoms with van der Waals surface area (Å²) >= 11 is 9.15. The molecule has 0 spiro atoms. The van der Waals surface area contributed by atoms with E-state index in [4.69, 9.17) is 16.3 Å². The van der Waals surface area contributed by atoms with Crippen molar-refractivity contribution in [1.29, 1.82) is 5.26 Å². The molecule has 8 nitrogen and oxygen atoms in total. The lowest BCUT2D eigenvalue weighted by Gasteiger charge is -2.11. The molecule has 0 atom stereocenters. The van der Waals surface area contributed by atoms with Crippen LogP contribution in [0.2, 0.25) is 5.02 Å². The summed E-state index contributed by atoms with van der Waals surface area (Å²) in [6.07, 6.45) is 1.26. The molecule has 4 aromatic carbocycles. The van der Waals surface area contributed by atoms with Crippen LogP contribution in [-0.4, -0.2) is 16.8 Å². The minimum Gasteiger partial charge on any atom is -0.422 e. The van der Waals surface area contributed by atoms with Gasteiger partial charge in [0.1, 0.15) is 22.4 Å². The van der Waals surface area contributed by atoms with Gasteiger partial charge in [-0.1, -0.05) is 63.9 Å². The summed E-state index contributed by atoms with van der Waals surface area (Å²) in [5.41, 5.74) is 0.0177. The van der Waals surface area contributed by atoms with Gasteiger partial charge in [-0.3, -0.25) is 14.9 Å². The first-order chi connectivity index (χ1) is 17.8. The number of halogens is 2. The molecule has 182 valence electrons. The number of amides is 1. The zero-order valence-electron chi connectivity index (χ0n) is 18.8. The largest absolute Gasteiger partial charge is 0.422 e. The number of nitriles is 1. The summed E-state index contributed by atoms with van der Waals surface area (Å²) in [4.78, 5) is 36.3. The Kier molecular flexibility index (Phi) is 7.63. The van der Waals surface area contributed by atoms with E-state index in [1.165, 1.54) is 24.3 Å². The number of nitro groups is 1. The average Bonchev–Trinajstić information content (AvgIpc) is 2.89. The van der Waals surface area contributed by atoms with Crippen molar-refractivity contribution in [3.63, 3.8) is 0 Å². The Morgan fingerprint density at radius 3 is 2.57 bits per heavy atom. The molecule has 0 aromatic heterocycles. The minimum absolute atomic E-state index is 0.0825. The summed E-state index contributed by atoms with van der Waals surface area (Å²) in [5.74, 6) is -1.29. The number of nitro benzene ring substituents is 1. The SMILES string of the molecule is N#C/C(=C\c1cc(Br)ccc1OC(=O)c1cccc2ccccc12)C(=O)Nc1ccc(Cl)c([N+](=O)[O-])c1. The number of nitrogens with zero attached hydrogens (tertiary/aromatic N) is 2. The number of nitrogens with one attached hydrogen (secondary N) is 1. The monoisotopic (exact) mass is 575 g/mol. The number of esters is 1. The second kappa shape index (κ2) is 11.0. The molecule has 0 aliphatic heterocycles. The van der Waals surface area contributed by atoms with Gasteiger partial charge in [0.25, 0.3) is 11.6 Å². The van der Waals surface area contributed by atoms with Gasteiger partial charge in [-0.05, 0) is 53.2 Å². The predicted molar refractivity (Wildman–Crippen MR) is 143 cm³/mol. The number of rotatable bonds is 6. The number of anilines is 1. The zero-order valence-corrected chi connectivity index (χ0v) is 21.1. The molecule has 0 heterocycles. The van der Waals surface area contributed by atoms with E-state index in [1.54, 1.807) is 24.3 Å². The third-order valence-electron chi connectivity index (χ3n) is 5.25. The first-order valence-electron chi connectivity index (χ1n) is 10.6. The summed E-state index contributed by atoms with van der Waals surface area (Å²) in [5, 5.41) is 24.7. The van der Waals surface area contributed by atoms with Crippen molar-refractivity contribution in [2.45, 2.75) is 0 Å². The summed E-state index contributed by atoms with van der Waals surface area (Å²) < 4.78 is 6.28. The van der Waals surface area contributed by atoms with Crippen LogP contribution >= 0.6 is 27.5 Å². The van der Waals surface area contributed by atoms with E-state index in [1.807, 2.05) is 36.4 Å². The van der Waals surface area contributed by atoms with Crippen LogP contribution in [0.4, 0.5) is 11.4 Å². The molecule has 1 amide bonds. The van der Waals surface area contributed by atoms with Crippen LogP contribution in [0.15, 0.2) is 88.9 Å². The maximum absolute atomic E-state index is 13.0. The van der Waals surface area contributed by atoms with Crippen molar-refractivity contribution < 1.29 is 19.2 Å². The lowest BCUT2D eigenvalue weighted by molar-refractivity contribution is -0.384. The molecule has 0 fully saturated rings. The maximum Gasteiger partial charge on any atom is 0.344 e. The van der Waals surface area contributed by atoms with Crippen molar-refractivity contribution in [2.24, 2.45) is 0 Å². The Bertz CT molecular complexity index is 1640. The van der Waals surface area contributed by atoms with Crippen LogP contribution in [0.25, 0.3) is 16.8 Å². The molecule has 1 N–H and O–H groups in total. The zero-order chi connectivity index (χ0) is 26.5. The lowest BCUT2D eigenvalue weighted by Crippen LogP contribution is -2.14. The molecular formula is C27H15BrClN3O5. The summed E-state index contributed by atoms with van der Waals surface area (Å²) in [6, 6.07) is 23.0. The highest BCUT2D eigenvalue weighted by Gasteiger charge is 2.18. The Balaban J connectivity index is 1.64. The number of ether oxygens (including phenoxy) is 1. The maximum atomic E-state index is 13.0. The first kappa shape index (κ1) is 25.6. The van der Waals surface area contributed by atoms with Crippen molar-refractivity contribution in [2.75, 3.05) is 5.32 Å². The standard InChI is InChI=1S/C27H15BrClN3O5/c28-19-8-11-25(37-27(34)22-7-3-5-16-4-1-2-6-21(16)22)17(13-19)12-18(15-30)26(33)31-20-9-10-23(29)24(14-20)32(35)36/h1-14H,(H,31,33)/b18-12+. The van der Waals surface area contributed by atoms with E-state index in [0.717, 1.165) is 16.8 Å². The van der Waals surface area contributed by atoms with Gasteiger partial charge in [0.05, 0.1) is 10.5 Å². The average molecular weight is 577 g/mol. The van der Waals surface area contributed by atoms with E-state index < -0.39 is 22.5 Å². The van der Waals surface area contributed by atoms with Crippen LogP contribution < -0.4 is 10.1 Å². The van der Waals surface area contributed by atoms with Crippen molar-refractivity contribution in [3.8, 4) is 11.8 Å². The molecule has 0 saturated heterocycles. The molecule has 0 aliphatic rings. The first-order valence-corrected chi connectivity index (χ1v) is 11.8. The van der Waals surface area contributed by atoms with E-state index in [0.29, 0.717) is 10.0 Å². The summed E-state index contributed by atoms with van der Waals surface area (Å²) in [7, 11) is 0. The van der Waals surface area contributed by atoms with Crippen LogP contribution in [0.1, 0.15) is 15.9 Å². The predicted octanol–water partition coefficient (Wildman–Crippen LogP) is 6.93. The number of carbonyl (C=O) groups is 2. The molecule has 0 bridgehead atoms. The molecule has 10 heteroatoms. The van der Waals surface area contributed by atoms with Gasteiger partial charge in [0.2, 0.25) is 0 Å². The lowest BCUT2D eigenvalue weighted by atomic mass is 10.0. The second-order valence-corrected chi connectivity index (χ2v) is 8.97. The van der Waals surface area contributed by atoms with Crippen LogP contribution in [0.3, 0.4) is 0 Å². The van der Waals surface area contributed by atoms with Gasteiger partial charge >= 0.3 is 5.97 Å². The summed E-state index contributed by atoms with van der Waals surface area (Å²) in [6.45, 7) is 0. The topological polar surface area (TPSA) is 122 Å². The smallest absolute Gasteiger partial charge is 0.344 e. The highest BCUT2D eigenvalue weighted by Crippen LogP contribution is 2.29. The van der Waals surface area contributed by atoms with Gasteiger partial charge < -0.3 is 10.1 Å². The molecule has 4 aromatic rings. The fraction of sp³-hybridized carbons (Fsp3) is 0. The van der Waals surface area contributed by atoms with Crippen molar-refractivity contribution in [3.05, 3.63) is 115 Å². The van der Waals surface area contributed by atoms with Crippen LogP contribution in [0.5, 0.6) is 5.75 Å². The Morgan fingerprint density at radius 1 is 1.05 bits per heavy atom. The van der Waals surface area contributed by atoms with E-state index >= 15 is 0 Å². The van der Waals surface area contributed by atoms with Crippen molar-refractivity contribution in [1.82, 2.24) is 0 Å². The fourth-order valence-corrected chi connectivity index (χ4v) is 4.08. The minimum atomic E-state index is -0.814. The third kappa shape index (κ3) is 5.83. The molecule has 37 heavy (non-hydrogen) atoms. The van der Waals surface area contributed by atoms with Gasteiger partial charge in [0.15, 0.2) is 0 Å². The molecule has 4 rings (SSSR count). The quantitative estimate of drug-likeness (QED) is 0.0663. The van der Waals surface area contributed by atoms with Crippen molar-refractivity contribution >= 4 is 67.6 Å². The van der Waals surface area contributed by atoms with E-state index in [-0.39, 0.29) is 27.6 Å². The van der Waals surface area contributed by atoms with Gasteiger partial charge in [-0.15, -0.1) is 0 Å². The Labute approximate surface area is 224 Å². The third-order valence-corrected chi connectivity index (χ3v) is 6.06. The number of fused-ring (bicyclic) bond motifs is 1. The van der Waals surface area contributed by atoms with Crippen LogP contribution in [-0.2, 0) is 4.79 Å². The highest BCUT2D eigenvalue weighted by molar-refractivity contribution is 9.10. The molecule has 0 saturated carbocycles. The number of hydrogen-bond acceptors (Lipinski definition) is 6. The van der Waals surface area contributed by atoms with Gasteiger partial charge in [0, 0.05) is 21.8 Å². The number of carbonyl (C=O) groups excluding carboxylic acids is 2. The molecule has 0 aliphatic carbocycles. The van der Waals surface area contributed by atoms with E-state index in [9.17, 15) is 25.0 Å². The number of hydrogen-bond donors (Lipinski definition) is 1. The Morgan fingerprint density at radius 2 is 1.81 bits per heavy atom. The molecule has 0 unspecified atom stereocenters. The normalized spacial score (nSPS) is 11.0. The van der Waals surface area contributed by atoms with Gasteiger partial charge in [-0.25, -0.2) is 4.79 Å². The van der Waals surface area contributed by atoms with Gasteiger partial charge in [-0.2, -0.15) is 5.26 Å². The Hall–Kier alpha value is -4.52.